The number of ether oxygens (including phenoxy) is 1. The summed E-state index contributed by atoms with van der Waals surface area (Å²) in [5, 5.41) is 3.29. The monoisotopic (exact) mass is 422 g/mol. The third-order valence-electron chi connectivity index (χ3n) is 4.10. The number of hydrogen-bond donors (Lipinski definition) is 1. The number of hydrogen-bond acceptors (Lipinski definition) is 5. The van der Waals surface area contributed by atoms with Gasteiger partial charge in [0.25, 0.3) is 5.91 Å². The molecule has 1 aromatic carbocycles. The molecular formula is C16H20Cl2N2O5S. The Hall–Kier alpha value is -1.35. The molecule has 144 valence electrons. The van der Waals surface area contributed by atoms with Crippen molar-refractivity contribution in [3.63, 3.8) is 0 Å². The molecule has 1 aliphatic heterocycles. The van der Waals surface area contributed by atoms with E-state index in [-0.39, 0.29) is 13.1 Å². The maximum absolute atomic E-state index is 12.2. The molecule has 1 aromatic rings. The summed E-state index contributed by atoms with van der Waals surface area (Å²) in [5.74, 6) is -1.48. The van der Waals surface area contributed by atoms with Gasteiger partial charge < -0.3 is 10.1 Å². The Bertz CT molecular complexity index is 792. The van der Waals surface area contributed by atoms with Crippen molar-refractivity contribution < 1.29 is 22.7 Å². The fourth-order valence-corrected chi connectivity index (χ4v) is 3.79. The fraction of sp³-hybridized carbons (Fsp3) is 0.500. The molecule has 1 amide bonds. The van der Waals surface area contributed by atoms with Crippen molar-refractivity contribution in [3.8, 4) is 0 Å². The molecule has 0 spiro atoms. The van der Waals surface area contributed by atoms with E-state index in [1.165, 1.54) is 17.3 Å². The minimum absolute atomic E-state index is 0.261. The first-order valence-electron chi connectivity index (χ1n) is 7.99. The van der Waals surface area contributed by atoms with E-state index in [2.05, 4.69) is 5.32 Å². The van der Waals surface area contributed by atoms with E-state index in [1.54, 1.807) is 12.1 Å². The molecule has 1 saturated heterocycles. The summed E-state index contributed by atoms with van der Waals surface area (Å²) in [5.41, 5.74) is 0.327. The van der Waals surface area contributed by atoms with Gasteiger partial charge in [-0.25, -0.2) is 12.7 Å². The van der Waals surface area contributed by atoms with E-state index in [1.807, 2.05) is 0 Å². The predicted octanol–water partition coefficient (Wildman–Crippen LogP) is 2.54. The Morgan fingerprint density at radius 2 is 1.88 bits per heavy atom. The van der Waals surface area contributed by atoms with Crippen LogP contribution in [-0.4, -0.2) is 50.0 Å². The van der Waals surface area contributed by atoms with Gasteiger partial charge >= 0.3 is 5.97 Å². The van der Waals surface area contributed by atoms with Crippen molar-refractivity contribution in [3.05, 3.63) is 28.2 Å². The Labute approximate surface area is 162 Å². The minimum atomic E-state index is -3.26. The minimum Gasteiger partial charge on any atom is -0.452 e. The summed E-state index contributed by atoms with van der Waals surface area (Å²) in [4.78, 5) is 24.4. The highest BCUT2D eigenvalue weighted by Gasteiger charge is 2.31. The van der Waals surface area contributed by atoms with Gasteiger partial charge in [-0.15, -0.1) is 0 Å². The lowest BCUT2D eigenvalue weighted by Crippen LogP contribution is -2.41. The lowest BCUT2D eigenvalue weighted by Gasteiger charge is -2.29. The number of piperidine rings is 1. The topological polar surface area (TPSA) is 92.8 Å². The van der Waals surface area contributed by atoms with Crippen LogP contribution >= 0.6 is 23.2 Å². The zero-order valence-corrected chi connectivity index (χ0v) is 16.7. The van der Waals surface area contributed by atoms with Gasteiger partial charge in [-0.1, -0.05) is 23.2 Å². The number of carbonyl (C=O) groups excluding carboxylic acids is 2. The molecule has 0 aromatic heterocycles. The van der Waals surface area contributed by atoms with Crippen molar-refractivity contribution in [1.82, 2.24) is 4.31 Å². The van der Waals surface area contributed by atoms with Crippen LogP contribution in [0.4, 0.5) is 5.69 Å². The highest BCUT2D eigenvalue weighted by atomic mass is 35.5. The number of amides is 1. The highest BCUT2D eigenvalue weighted by molar-refractivity contribution is 7.88. The maximum atomic E-state index is 12.2. The third kappa shape index (κ3) is 5.57. The number of nitrogens with zero attached hydrogens (tertiary/aromatic N) is 1. The fourth-order valence-electron chi connectivity index (χ4n) is 2.57. The van der Waals surface area contributed by atoms with Crippen LogP contribution in [0, 0.1) is 5.92 Å². The van der Waals surface area contributed by atoms with E-state index in [9.17, 15) is 18.0 Å². The first-order chi connectivity index (χ1) is 12.1. The standard InChI is InChI=1S/C16H20Cl2N2O5S/c1-10(15(21)19-14-9-12(17)3-4-13(14)18)25-16(22)11-5-7-20(8-6-11)26(2,23)24/h3-4,9-11H,5-8H2,1-2H3,(H,19,21). The molecule has 0 saturated carbocycles. The van der Waals surface area contributed by atoms with E-state index >= 15 is 0 Å². The lowest BCUT2D eigenvalue weighted by atomic mass is 9.98. The number of benzene rings is 1. The smallest absolute Gasteiger partial charge is 0.309 e. The van der Waals surface area contributed by atoms with Gasteiger partial charge in [0, 0.05) is 18.1 Å². The van der Waals surface area contributed by atoms with Crippen molar-refractivity contribution in [2.45, 2.75) is 25.9 Å². The summed E-state index contributed by atoms with van der Waals surface area (Å²) in [6.45, 7) is 1.98. The van der Waals surface area contributed by atoms with Crippen LogP contribution in [0.1, 0.15) is 19.8 Å². The van der Waals surface area contributed by atoms with Gasteiger partial charge in [0.2, 0.25) is 10.0 Å². The summed E-state index contributed by atoms with van der Waals surface area (Å²) >= 11 is 11.9. The van der Waals surface area contributed by atoms with Crippen LogP contribution < -0.4 is 5.32 Å². The van der Waals surface area contributed by atoms with E-state index < -0.39 is 33.9 Å². The molecule has 1 aliphatic rings. The predicted molar refractivity (Wildman–Crippen MR) is 99.8 cm³/mol. The van der Waals surface area contributed by atoms with Gasteiger partial charge in [-0.2, -0.15) is 0 Å². The number of nitrogens with one attached hydrogen (secondary N) is 1. The Kier molecular flexibility index (Phi) is 6.90. The van der Waals surface area contributed by atoms with Crippen molar-refractivity contribution in [2.24, 2.45) is 5.92 Å². The molecule has 1 N–H and O–H groups in total. The zero-order chi connectivity index (χ0) is 19.5. The molecule has 1 fully saturated rings. The number of carbonyl (C=O) groups is 2. The molecule has 0 radical (unpaired) electrons. The average Bonchev–Trinajstić information content (AvgIpc) is 2.57. The Morgan fingerprint density at radius 3 is 2.46 bits per heavy atom. The summed E-state index contributed by atoms with van der Waals surface area (Å²) in [7, 11) is -3.26. The number of anilines is 1. The molecule has 1 atom stereocenters. The van der Waals surface area contributed by atoms with Crippen LogP contribution in [-0.2, 0) is 24.3 Å². The van der Waals surface area contributed by atoms with Crippen LogP contribution in [0.3, 0.4) is 0 Å². The van der Waals surface area contributed by atoms with Crippen molar-refractivity contribution >= 4 is 50.8 Å². The number of halogens is 2. The molecule has 1 unspecified atom stereocenters. The van der Waals surface area contributed by atoms with Crippen LogP contribution in [0.25, 0.3) is 0 Å². The number of esters is 1. The average molecular weight is 423 g/mol. The lowest BCUT2D eigenvalue weighted by molar-refractivity contribution is -0.158. The molecule has 7 nitrogen and oxygen atoms in total. The largest absolute Gasteiger partial charge is 0.452 e. The number of sulfonamides is 1. The van der Waals surface area contributed by atoms with Gasteiger partial charge in [0.15, 0.2) is 6.10 Å². The molecule has 1 heterocycles. The normalized spacial score (nSPS) is 17.5. The van der Waals surface area contributed by atoms with Crippen LogP contribution in [0.15, 0.2) is 18.2 Å². The first kappa shape index (κ1) is 21.0. The van der Waals surface area contributed by atoms with Crippen molar-refractivity contribution in [1.29, 1.82) is 0 Å². The molecule has 0 aliphatic carbocycles. The van der Waals surface area contributed by atoms with Gasteiger partial charge in [0.1, 0.15) is 0 Å². The second-order valence-corrected chi connectivity index (χ2v) is 8.95. The quantitative estimate of drug-likeness (QED) is 0.735. The summed E-state index contributed by atoms with van der Waals surface area (Å²) < 4.78 is 29.5. The van der Waals surface area contributed by atoms with E-state index in [4.69, 9.17) is 27.9 Å². The molecule has 26 heavy (non-hydrogen) atoms. The van der Waals surface area contributed by atoms with Gasteiger partial charge in [0.05, 0.1) is 22.9 Å². The highest BCUT2D eigenvalue weighted by Crippen LogP contribution is 2.26. The molecular weight excluding hydrogens is 403 g/mol. The second kappa shape index (κ2) is 8.56. The molecule has 0 bridgehead atoms. The molecule has 2 rings (SSSR count). The van der Waals surface area contributed by atoms with E-state index in [0.29, 0.717) is 28.6 Å². The van der Waals surface area contributed by atoms with Crippen molar-refractivity contribution in [2.75, 3.05) is 24.7 Å². The molecule has 10 heteroatoms. The van der Waals surface area contributed by atoms with Crippen LogP contribution in [0.5, 0.6) is 0 Å². The van der Waals surface area contributed by atoms with Gasteiger partial charge in [-0.05, 0) is 38.0 Å². The SMILES string of the molecule is CC(OC(=O)C1CCN(S(C)(=O)=O)CC1)C(=O)Nc1cc(Cl)ccc1Cl. The number of rotatable bonds is 5. The summed E-state index contributed by atoms with van der Waals surface area (Å²) in [6, 6.07) is 4.63. The second-order valence-electron chi connectivity index (χ2n) is 6.13. The van der Waals surface area contributed by atoms with Crippen LogP contribution in [0.2, 0.25) is 10.0 Å². The Balaban J connectivity index is 1.89. The van der Waals surface area contributed by atoms with E-state index in [0.717, 1.165) is 6.26 Å². The first-order valence-corrected chi connectivity index (χ1v) is 10.6. The van der Waals surface area contributed by atoms with Gasteiger partial charge in [-0.3, -0.25) is 9.59 Å². The zero-order valence-electron chi connectivity index (χ0n) is 14.4. The summed E-state index contributed by atoms with van der Waals surface area (Å²) in [6.07, 6.45) is 0.838. The maximum Gasteiger partial charge on any atom is 0.309 e. The third-order valence-corrected chi connectivity index (χ3v) is 5.97. The Morgan fingerprint density at radius 1 is 1.27 bits per heavy atom.